The molecule has 0 saturated heterocycles. The lowest BCUT2D eigenvalue weighted by Crippen LogP contribution is -2.22. The second kappa shape index (κ2) is 3.95. The van der Waals surface area contributed by atoms with Crippen LogP contribution in [0.4, 0.5) is 5.69 Å². The van der Waals surface area contributed by atoms with Gasteiger partial charge in [-0.05, 0) is 12.1 Å². The Morgan fingerprint density at radius 3 is 2.16 bits per heavy atom. The van der Waals surface area contributed by atoms with Crippen molar-refractivity contribution < 1.29 is 14.3 Å². The molecule has 2 N–H and O–H groups in total. The van der Waals surface area contributed by atoms with Crippen LogP contribution in [0.15, 0.2) is 36.4 Å². The predicted molar refractivity (Wildman–Crippen MR) is 70.7 cm³/mol. The fraction of sp³-hybridized carbons (Fsp3) is 0.0667. The molecule has 4 heteroatoms. The van der Waals surface area contributed by atoms with E-state index in [4.69, 9.17) is 10.5 Å². The average Bonchev–Trinajstić information content (AvgIpc) is 2.44. The van der Waals surface area contributed by atoms with E-state index < -0.39 is 0 Å². The summed E-state index contributed by atoms with van der Waals surface area (Å²) in [6.45, 7) is 0. The maximum absolute atomic E-state index is 12.5. The summed E-state index contributed by atoms with van der Waals surface area (Å²) in [5.74, 6) is -0.136. The van der Waals surface area contributed by atoms with Gasteiger partial charge in [-0.3, -0.25) is 9.59 Å². The molecule has 0 aliphatic heterocycles. The number of carbonyl (C=O) groups is 2. The van der Waals surface area contributed by atoms with Crippen molar-refractivity contribution in [2.24, 2.45) is 0 Å². The Morgan fingerprint density at radius 1 is 0.895 bits per heavy atom. The number of fused-ring (bicyclic) bond motifs is 2. The molecule has 1 aliphatic rings. The molecule has 0 saturated carbocycles. The molecule has 0 heterocycles. The molecule has 2 aromatic rings. The summed E-state index contributed by atoms with van der Waals surface area (Å²) in [6.07, 6.45) is 0. The summed E-state index contributed by atoms with van der Waals surface area (Å²) >= 11 is 0. The summed E-state index contributed by atoms with van der Waals surface area (Å²) in [6, 6.07) is 9.92. The van der Waals surface area contributed by atoms with Gasteiger partial charge in [0.1, 0.15) is 0 Å². The van der Waals surface area contributed by atoms with Gasteiger partial charge in [-0.2, -0.15) is 0 Å². The first-order chi connectivity index (χ1) is 9.15. The van der Waals surface area contributed by atoms with Crippen molar-refractivity contribution in [1.82, 2.24) is 0 Å². The highest BCUT2D eigenvalue weighted by Crippen LogP contribution is 2.36. The molecule has 0 unspecified atom stereocenters. The third-order valence-corrected chi connectivity index (χ3v) is 3.28. The van der Waals surface area contributed by atoms with Gasteiger partial charge in [-0.1, -0.05) is 24.3 Å². The van der Waals surface area contributed by atoms with Crippen molar-refractivity contribution in [3.05, 3.63) is 58.7 Å². The van der Waals surface area contributed by atoms with Crippen LogP contribution in [0.3, 0.4) is 0 Å². The first kappa shape index (κ1) is 11.5. The van der Waals surface area contributed by atoms with Crippen molar-refractivity contribution in [2.75, 3.05) is 12.8 Å². The number of carbonyl (C=O) groups excluding carboxylic acids is 2. The van der Waals surface area contributed by atoms with E-state index >= 15 is 0 Å². The molecule has 3 rings (SSSR count). The van der Waals surface area contributed by atoms with Crippen LogP contribution >= 0.6 is 0 Å². The Hall–Kier alpha value is -2.62. The van der Waals surface area contributed by atoms with Gasteiger partial charge in [0.05, 0.1) is 18.4 Å². The van der Waals surface area contributed by atoms with Crippen LogP contribution in [-0.4, -0.2) is 18.7 Å². The van der Waals surface area contributed by atoms with Gasteiger partial charge in [0.2, 0.25) is 0 Å². The lowest BCUT2D eigenvalue weighted by Gasteiger charge is -2.20. The zero-order chi connectivity index (χ0) is 13.6. The normalized spacial score (nSPS) is 12.9. The number of rotatable bonds is 1. The predicted octanol–water partition coefficient (Wildman–Crippen LogP) is 2.05. The molecule has 0 spiro atoms. The maximum Gasteiger partial charge on any atom is 0.198 e. The molecule has 4 nitrogen and oxygen atoms in total. The molecule has 1 aliphatic carbocycles. The number of ketones is 2. The molecule has 0 atom stereocenters. The number of methoxy groups -OCH3 is 1. The molecule has 0 fully saturated rings. The number of anilines is 1. The zero-order valence-electron chi connectivity index (χ0n) is 10.3. The minimum Gasteiger partial charge on any atom is -0.494 e. The molecule has 2 aromatic carbocycles. The second-order valence-corrected chi connectivity index (χ2v) is 4.31. The van der Waals surface area contributed by atoms with E-state index in [1.807, 2.05) is 0 Å². The van der Waals surface area contributed by atoms with Crippen LogP contribution in [0.1, 0.15) is 31.8 Å². The van der Waals surface area contributed by atoms with E-state index in [-0.39, 0.29) is 22.9 Å². The molecular weight excluding hydrogens is 242 g/mol. The maximum atomic E-state index is 12.5. The van der Waals surface area contributed by atoms with Crippen LogP contribution in [0.2, 0.25) is 0 Å². The standard InChI is InChI=1S/C15H11NO3/c1-19-15-11(16)7-6-10-12(15)14(18)9-5-3-2-4-8(9)13(10)17/h2-7H,16H2,1H3. The molecule has 0 radical (unpaired) electrons. The number of ether oxygens (including phenoxy) is 1. The molecule has 94 valence electrons. The van der Waals surface area contributed by atoms with E-state index in [1.165, 1.54) is 7.11 Å². The van der Waals surface area contributed by atoms with Crippen molar-refractivity contribution in [3.63, 3.8) is 0 Å². The van der Waals surface area contributed by atoms with Gasteiger partial charge in [0.25, 0.3) is 0 Å². The SMILES string of the molecule is COc1c(N)ccc2c1C(=O)c1ccccc1C2=O. The lowest BCUT2D eigenvalue weighted by atomic mass is 9.83. The minimum atomic E-state index is -0.227. The van der Waals surface area contributed by atoms with Crippen molar-refractivity contribution in [2.45, 2.75) is 0 Å². The van der Waals surface area contributed by atoms with Crippen LogP contribution in [0, 0.1) is 0 Å². The largest absolute Gasteiger partial charge is 0.494 e. The quantitative estimate of drug-likeness (QED) is 0.674. The molecule has 0 aromatic heterocycles. The zero-order valence-corrected chi connectivity index (χ0v) is 10.3. The Bertz CT molecular complexity index is 719. The average molecular weight is 253 g/mol. The van der Waals surface area contributed by atoms with Gasteiger partial charge in [-0.15, -0.1) is 0 Å². The van der Waals surface area contributed by atoms with Gasteiger partial charge in [0, 0.05) is 16.7 Å². The Morgan fingerprint density at radius 2 is 1.53 bits per heavy atom. The van der Waals surface area contributed by atoms with Crippen LogP contribution in [0.5, 0.6) is 5.75 Å². The Labute approximate surface area is 109 Å². The number of nitrogens with two attached hydrogens (primary N) is 1. The molecule has 19 heavy (non-hydrogen) atoms. The number of hydrogen-bond donors (Lipinski definition) is 1. The van der Waals surface area contributed by atoms with E-state index in [0.717, 1.165) is 0 Å². The third-order valence-electron chi connectivity index (χ3n) is 3.28. The summed E-state index contributed by atoms with van der Waals surface area (Å²) in [5, 5.41) is 0. The molecular formula is C15H11NO3. The first-order valence-electron chi connectivity index (χ1n) is 5.80. The fourth-order valence-electron chi connectivity index (χ4n) is 2.39. The highest BCUT2D eigenvalue weighted by molar-refractivity contribution is 6.29. The lowest BCUT2D eigenvalue weighted by molar-refractivity contribution is 0.0976. The second-order valence-electron chi connectivity index (χ2n) is 4.31. The van der Waals surface area contributed by atoms with Gasteiger partial charge < -0.3 is 10.5 Å². The van der Waals surface area contributed by atoms with Crippen LogP contribution in [-0.2, 0) is 0 Å². The third kappa shape index (κ3) is 1.46. The topological polar surface area (TPSA) is 69.4 Å². The van der Waals surface area contributed by atoms with E-state index in [0.29, 0.717) is 22.4 Å². The fourth-order valence-corrected chi connectivity index (χ4v) is 2.39. The Balaban J connectivity index is 2.36. The van der Waals surface area contributed by atoms with Gasteiger partial charge in [-0.25, -0.2) is 0 Å². The van der Waals surface area contributed by atoms with Gasteiger partial charge >= 0.3 is 0 Å². The van der Waals surface area contributed by atoms with E-state index in [9.17, 15) is 9.59 Å². The van der Waals surface area contributed by atoms with Crippen LogP contribution in [0.25, 0.3) is 0 Å². The molecule has 0 bridgehead atoms. The minimum absolute atomic E-state index is 0.177. The Kier molecular flexibility index (Phi) is 2.38. The van der Waals surface area contributed by atoms with Crippen molar-refractivity contribution in [1.29, 1.82) is 0 Å². The van der Waals surface area contributed by atoms with Crippen molar-refractivity contribution in [3.8, 4) is 5.75 Å². The first-order valence-corrected chi connectivity index (χ1v) is 5.80. The summed E-state index contributed by atoms with van der Waals surface area (Å²) in [7, 11) is 1.43. The molecule has 0 amide bonds. The summed E-state index contributed by atoms with van der Waals surface area (Å²) in [5.41, 5.74) is 7.56. The number of hydrogen-bond acceptors (Lipinski definition) is 4. The summed E-state index contributed by atoms with van der Waals surface area (Å²) in [4.78, 5) is 24.9. The number of benzene rings is 2. The van der Waals surface area contributed by atoms with E-state index in [1.54, 1.807) is 36.4 Å². The number of nitrogen functional groups attached to an aromatic ring is 1. The highest BCUT2D eigenvalue weighted by Gasteiger charge is 2.32. The summed E-state index contributed by atoms with van der Waals surface area (Å²) < 4.78 is 5.18. The van der Waals surface area contributed by atoms with Crippen LogP contribution < -0.4 is 10.5 Å². The van der Waals surface area contributed by atoms with Crippen molar-refractivity contribution >= 4 is 17.3 Å². The van der Waals surface area contributed by atoms with Gasteiger partial charge in [0.15, 0.2) is 17.3 Å². The highest BCUT2D eigenvalue weighted by atomic mass is 16.5. The smallest absolute Gasteiger partial charge is 0.198 e. The monoisotopic (exact) mass is 253 g/mol. The van der Waals surface area contributed by atoms with E-state index in [2.05, 4.69) is 0 Å².